The second-order valence-corrected chi connectivity index (χ2v) is 7.06. The lowest BCUT2D eigenvalue weighted by atomic mass is 10.2. The molecule has 8 nitrogen and oxygen atoms in total. The first-order valence-corrected chi connectivity index (χ1v) is 9.73. The fourth-order valence-corrected chi connectivity index (χ4v) is 3.48. The van der Waals surface area contributed by atoms with E-state index in [0.717, 1.165) is 16.9 Å². The maximum absolute atomic E-state index is 11.8. The topological polar surface area (TPSA) is 102 Å². The number of aromatic nitrogens is 3. The number of nitrogens with one attached hydrogen (secondary N) is 2. The zero-order chi connectivity index (χ0) is 19.9. The minimum atomic E-state index is -0.514. The van der Waals surface area contributed by atoms with E-state index in [1.807, 2.05) is 47.9 Å². The third-order valence-electron chi connectivity index (χ3n) is 4.04. The largest absolute Gasteiger partial charge is 0.469 e. The molecule has 3 aromatic rings. The summed E-state index contributed by atoms with van der Waals surface area (Å²) in [6.07, 6.45) is 1.82. The number of hydrogen-bond donors (Lipinski definition) is 2. The van der Waals surface area contributed by atoms with Gasteiger partial charge in [-0.3, -0.25) is 14.7 Å². The van der Waals surface area contributed by atoms with Crippen LogP contribution in [0.3, 0.4) is 0 Å². The number of carbonyl (C=O) groups excluding carboxylic acids is 2. The molecule has 0 unspecified atom stereocenters. The first-order chi connectivity index (χ1) is 13.6. The Bertz CT molecular complexity index is 952. The molecule has 0 aliphatic heterocycles. The van der Waals surface area contributed by atoms with E-state index in [1.165, 1.54) is 18.8 Å². The summed E-state index contributed by atoms with van der Waals surface area (Å²) in [5.74, 6) is 1.61. The summed E-state index contributed by atoms with van der Waals surface area (Å²) in [4.78, 5) is 23.0. The van der Waals surface area contributed by atoms with Gasteiger partial charge in [0.15, 0.2) is 11.0 Å². The number of benzene rings is 1. The van der Waals surface area contributed by atoms with Crippen molar-refractivity contribution in [2.75, 3.05) is 12.8 Å². The Morgan fingerprint density at radius 1 is 1.18 bits per heavy atom. The maximum Gasteiger partial charge on any atom is 0.321 e. The number of hydrogen-bond acceptors (Lipinski definition) is 6. The van der Waals surface area contributed by atoms with Crippen molar-refractivity contribution in [2.24, 2.45) is 0 Å². The number of amides is 3. The van der Waals surface area contributed by atoms with Crippen molar-refractivity contribution in [1.29, 1.82) is 0 Å². The van der Waals surface area contributed by atoms with Crippen LogP contribution in [0, 0.1) is 6.92 Å². The molecule has 3 amide bonds. The van der Waals surface area contributed by atoms with E-state index < -0.39 is 6.03 Å². The highest BCUT2D eigenvalue weighted by atomic mass is 32.2. The van der Waals surface area contributed by atoms with Gasteiger partial charge in [-0.05, 0) is 18.6 Å². The lowest BCUT2D eigenvalue weighted by Crippen LogP contribution is -2.37. The van der Waals surface area contributed by atoms with Gasteiger partial charge in [0, 0.05) is 19.2 Å². The predicted molar refractivity (Wildman–Crippen MR) is 106 cm³/mol. The number of carbonyl (C=O) groups is 2. The van der Waals surface area contributed by atoms with Crippen LogP contribution in [0.25, 0.3) is 11.4 Å². The van der Waals surface area contributed by atoms with Crippen LogP contribution < -0.4 is 10.6 Å². The third kappa shape index (κ3) is 4.80. The molecule has 2 aromatic heterocycles. The van der Waals surface area contributed by atoms with E-state index in [4.69, 9.17) is 4.42 Å². The summed E-state index contributed by atoms with van der Waals surface area (Å²) in [6.45, 7) is 2.48. The molecule has 146 valence electrons. The van der Waals surface area contributed by atoms with E-state index >= 15 is 0 Å². The standard InChI is InChI=1S/C19H21N5O3S/c1-13-15(8-10-27-13)17-22-23-19(24(17)12-14-6-4-3-5-7-14)28-11-9-16(25)21-18(26)20-2/h3-8,10H,9,11-12H2,1-2H3,(H2,20,21,25,26). The van der Waals surface area contributed by atoms with Crippen LogP contribution in [0.2, 0.25) is 0 Å². The van der Waals surface area contributed by atoms with Gasteiger partial charge in [-0.15, -0.1) is 10.2 Å². The van der Waals surface area contributed by atoms with Gasteiger partial charge < -0.3 is 9.73 Å². The molecule has 0 aliphatic carbocycles. The molecule has 2 heterocycles. The van der Waals surface area contributed by atoms with Crippen LogP contribution in [-0.4, -0.2) is 39.5 Å². The molecule has 0 saturated heterocycles. The number of imide groups is 1. The van der Waals surface area contributed by atoms with Gasteiger partial charge in [0.05, 0.1) is 18.4 Å². The quantitative estimate of drug-likeness (QED) is 0.593. The Morgan fingerprint density at radius 2 is 1.96 bits per heavy atom. The summed E-state index contributed by atoms with van der Waals surface area (Å²) >= 11 is 1.42. The molecule has 0 radical (unpaired) electrons. The zero-order valence-electron chi connectivity index (χ0n) is 15.6. The van der Waals surface area contributed by atoms with Crippen molar-refractivity contribution in [3.63, 3.8) is 0 Å². The molecule has 9 heteroatoms. The van der Waals surface area contributed by atoms with Crippen molar-refractivity contribution in [3.8, 4) is 11.4 Å². The second kappa shape index (κ2) is 9.23. The Morgan fingerprint density at radius 3 is 2.64 bits per heavy atom. The number of aryl methyl sites for hydroxylation is 1. The summed E-state index contributed by atoms with van der Waals surface area (Å²) in [6, 6.07) is 11.4. The van der Waals surface area contributed by atoms with Gasteiger partial charge in [0.2, 0.25) is 5.91 Å². The van der Waals surface area contributed by atoms with Gasteiger partial charge in [0.1, 0.15) is 5.76 Å². The number of urea groups is 1. The van der Waals surface area contributed by atoms with Gasteiger partial charge >= 0.3 is 6.03 Å². The highest BCUT2D eigenvalue weighted by molar-refractivity contribution is 7.99. The first kappa shape index (κ1) is 19.7. The van der Waals surface area contributed by atoms with E-state index in [2.05, 4.69) is 20.8 Å². The summed E-state index contributed by atoms with van der Waals surface area (Å²) in [5, 5.41) is 13.9. The molecule has 0 aliphatic rings. The normalized spacial score (nSPS) is 10.6. The lowest BCUT2D eigenvalue weighted by molar-refractivity contribution is -0.119. The molecule has 0 atom stereocenters. The fraction of sp³-hybridized carbons (Fsp3) is 0.263. The molecule has 3 rings (SSSR count). The van der Waals surface area contributed by atoms with Crippen LogP contribution in [0.1, 0.15) is 17.7 Å². The van der Waals surface area contributed by atoms with Gasteiger partial charge in [-0.1, -0.05) is 42.1 Å². The zero-order valence-corrected chi connectivity index (χ0v) is 16.5. The number of rotatable bonds is 7. The van der Waals surface area contributed by atoms with Gasteiger partial charge in [-0.2, -0.15) is 0 Å². The number of furan rings is 1. The summed E-state index contributed by atoms with van der Waals surface area (Å²) in [5.41, 5.74) is 2.00. The fourth-order valence-electron chi connectivity index (χ4n) is 2.61. The molecule has 0 saturated carbocycles. The molecule has 0 spiro atoms. The molecule has 0 fully saturated rings. The van der Waals surface area contributed by atoms with E-state index in [-0.39, 0.29) is 12.3 Å². The minimum absolute atomic E-state index is 0.191. The molecule has 2 N–H and O–H groups in total. The Hall–Kier alpha value is -3.07. The van der Waals surface area contributed by atoms with Gasteiger partial charge in [-0.25, -0.2) is 4.79 Å². The average molecular weight is 399 g/mol. The van der Waals surface area contributed by atoms with Crippen molar-refractivity contribution in [1.82, 2.24) is 25.4 Å². The second-order valence-electron chi connectivity index (χ2n) is 5.99. The van der Waals surface area contributed by atoms with Crippen molar-refractivity contribution in [2.45, 2.75) is 25.0 Å². The summed E-state index contributed by atoms with van der Waals surface area (Å²) in [7, 11) is 1.46. The number of thioether (sulfide) groups is 1. The Kier molecular flexibility index (Phi) is 6.49. The van der Waals surface area contributed by atoms with Crippen molar-refractivity contribution < 1.29 is 14.0 Å². The van der Waals surface area contributed by atoms with Crippen LogP contribution >= 0.6 is 11.8 Å². The van der Waals surface area contributed by atoms with Crippen LogP contribution in [0.15, 0.2) is 52.2 Å². The maximum atomic E-state index is 11.8. The van der Waals surface area contributed by atoms with Crippen molar-refractivity contribution in [3.05, 3.63) is 54.0 Å². The third-order valence-corrected chi connectivity index (χ3v) is 5.01. The molecule has 0 bridgehead atoms. The number of nitrogens with zero attached hydrogens (tertiary/aromatic N) is 3. The SMILES string of the molecule is CNC(=O)NC(=O)CCSc1nnc(-c2ccoc2C)n1Cc1ccccc1. The Balaban J connectivity index is 1.77. The van der Waals surface area contributed by atoms with E-state index in [1.54, 1.807) is 6.26 Å². The highest BCUT2D eigenvalue weighted by Gasteiger charge is 2.18. The van der Waals surface area contributed by atoms with Crippen LogP contribution in [-0.2, 0) is 11.3 Å². The first-order valence-electron chi connectivity index (χ1n) is 8.74. The van der Waals surface area contributed by atoms with Crippen LogP contribution in [0.5, 0.6) is 0 Å². The smallest absolute Gasteiger partial charge is 0.321 e. The van der Waals surface area contributed by atoms with Crippen LogP contribution in [0.4, 0.5) is 4.79 Å². The van der Waals surface area contributed by atoms with Gasteiger partial charge in [0.25, 0.3) is 0 Å². The molecular weight excluding hydrogens is 378 g/mol. The van der Waals surface area contributed by atoms with E-state index in [0.29, 0.717) is 23.3 Å². The Labute approximate surface area is 166 Å². The highest BCUT2D eigenvalue weighted by Crippen LogP contribution is 2.28. The molecular formula is C19H21N5O3S. The average Bonchev–Trinajstić information content (AvgIpc) is 3.28. The summed E-state index contributed by atoms with van der Waals surface area (Å²) < 4.78 is 7.42. The molecule has 1 aromatic carbocycles. The van der Waals surface area contributed by atoms with Crippen molar-refractivity contribution >= 4 is 23.7 Å². The molecule has 28 heavy (non-hydrogen) atoms. The minimum Gasteiger partial charge on any atom is -0.469 e. The monoisotopic (exact) mass is 399 g/mol. The predicted octanol–water partition coefficient (Wildman–Crippen LogP) is 2.83. The van der Waals surface area contributed by atoms with E-state index in [9.17, 15) is 9.59 Å². The lowest BCUT2D eigenvalue weighted by Gasteiger charge is -2.10.